The molecule has 3 heterocycles. The molecule has 2 aromatic heterocycles. The van der Waals surface area contributed by atoms with Crippen LogP contribution in [-0.2, 0) is 23.2 Å². The average Bonchev–Trinajstić information content (AvgIpc) is 3.37. The molecule has 0 bridgehead atoms. The van der Waals surface area contributed by atoms with Gasteiger partial charge in [0.05, 0.1) is 23.2 Å². The summed E-state index contributed by atoms with van der Waals surface area (Å²) in [6.07, 6.45) is 0.501. The first-order valence-corrected chi connectivity index (χ1v) is 10.8. The monoisotopic (exact) mass is 443 g/mol. The van der Waals surface area contributed by atoms with E-state index >= 15 is 0 Å². The number of aromatic nitrogens is 2. The Hall–Kier alpha value is -2.91. The van der Waals surface area contributed by atoms with Crippen molar-refractivity contribution in [2.75, 3.05) is 6.54 Å². The van der Waals surface area contributed by atoms with Crippen LogP contribution in [0.15, 0.2) is 40.5 Å². The molecule has 0 radical (unpaired) electrons. The lowest BCUT2D eigenvalue weighted by atomic mass is 10.0. The number of nitrogens with zero attached hydrogens (tertiary/aromatic N) is 2. The predicted octanol–water partition coefficient (Wildman–Crippen LogP) is 2.81. The van der Waals surface area contributed by atoms with Crippen LogP contribution in [0.25, 0.3) is 0 Å². The molecule has 160 valence electrons. The summed E-state index contributed by atoms with van der Waals surface area (Å²) >= 11 is 1.64. The number of hydrogen-bond acceptors (Lipinski definition) is 5. The van der Waals surface area contributed by atoms with Gasteiger partial charge in [0.1, 0.15) is 17.5 Å². The third kappa shape index (κ3) is 3.47. The second-order valence-electron chi connectivity index (χ2n) is 8.01. The zero-order valence-corrected chi connectivity index (χ0v) is 17.2. The summed E-state index contributed by atoms with van der Waals surface area (Å²) < 4.78 is 26.9. The number of thiophene rings is 1. The van der Waals surface area contributed by atoms with Crippen LogP contribution >= 0.6 is 11.3 Å². The van der Waals surface area contributed by atoms with E-state index in [4.69, 9.17) is 4.98 Å². The molecule has 1 aliphatic heterocycles. The minimum Gasteiger partial charge on any atom is -0.378 e. The van der Waals surface area contributed by atoms with Crippen molar-refractivity contribution in [3.63, 3.8) is 0 Å². The molecule has 1 amide bonds. The molecule has 3 aromatic rings. The number of hydrogen-bond donors (Lipinski definition) is 2. The van der Waals surface area contributed by atoms with Crippen LogP contribution in [-0.4, -0.2) is 32.4 Å². The van der Waals surface area contributed by atoms with Crippen molar-refractivity contribution in [1.82, 2.24) is 14.9 Å². The minimum absolute atomic E-state index is 0.0162. The van der Waals surface area contributed by atoms with Gasteiger partial charge in [-0.2, -0.15) is 0 Å². The summed E-state index contributed by atoms with van der Waals surface area (Å²) in [6, 6.07) is 6.54. The van der Waals surface area contributed by atoms with Gasteiger partial charge in [0, 0.05) is 23.9 Å². The molecule has 1 aromatic carbocycles. The summed E-state index contributed by atoms with van der Waals surface area (Å²) in [5, 5.41) is 12.4. The quantitative estimate of drug-likeness (QED) is 0.649. The molecule has 9 heteroatoms. The minimum atomic E-state index is -1.72. The number of halogens is 2. The van der Waals surface area contributed by atoms with Crippen LogP contribution in [0.3, 0.4) is 0 Å². The van der Waals surface area contributed by atoms with Gasteiger partial charge in [-0.25, -0.2) is 13.8 Å². The first-order valence-electron chi connectivity index (χ1n) is 9.97. The van der Waals surface area contributed by atoms with E-state index in [1.807, 2.05) is 17.5 Å². The molecular weight excluding hydrogens is 424 g/mol. The molecule has 2 aliphatic rings. The largest absolute Gasteiger partial charge is 0.378 e. The van der Waals surface area contributed by atoms with Crippen molar-refractivity contribution in [2.45, 2.75) is 37.3 Å². The van der Waals surface area contributed by atoms with Crippen molar-refractivity contribution >= 4 is 17.2 Å². The summed E-state index contributed by atoms with van der Waals surface area (Å²) in [5.41, 5.74) is 0.334. The summed E-state index contributed by atoms with van der Waals surface area (Å²) in [6.45, 7) is 0.236. The van der Waals surface area contributed by atoms with Crippen LogP contribution < -0.4 is 5.56 Å². The molecule has 0 saturated heterocycles. The van der Waals surface area contributed by atoms with Gasteiger partial charge in [0.15, 0.2) is 6.10 Å². The van der Waals surface area contributed by atoms with Gasteiger partial charge < -0.3 is 15.0 Å². The fourth-order valence-corrected chi connectivity index (χ4v) is 5.15. The molecule has 1 saturated carbocycles. The average molecular weight is 443 g/mol. The highest BCUT2D eigenvalue weighted by atomic mass is 32.1. The van der Waals surface area contributed by atoms with Crippen LogP contribution in [0, 0.1) is 11.6 Å². The third-order valence-corrected chi connectivity index (χ3v) is 7.08. The van der Waals surface area contributed by atoms with Crippen LogP contribution in [0.4, 0.5) is 8.78 Å². The lowest BCUT2D eigenvalue weighted by Crippen LogP contribution is -2.42. The van der Waals surface area contributed by atoms with E-state index in [9.17, 15) is 23.5 Å². The van der Waals surface area contributed by atoms with E-state index in [0.717, 1.165) is 25.0 Å². The Labute approximate surface area is 180 Å². The lowest BCUT2D eigenvalue weighted by molar-refractivity contribution is -0.141. The standard InChI is InChI=1S/C22H19F2N3O3S/c23-13-8-12(9-14(24)10-13)18(28)20(30)27-6-3-16-15(11-27)19(29)26-21(25-16)22(4-5-22)17-2-1-7-31-17/h1-2,7-10,18,28H,3-6,11H2,(H,25,26,29). The third-order valence-electron chi connectivity index (χ3n) is 6.01. The van der Waals surface area contributed by atoms with Gasteiger partial charge in [-0.3, -0.25) is 9.59 Å². The molecule has 1 fully saturated rings. The van der Waals surface area contributed by atoms with Crippen LogP contribution in [0.1, 0.15) is 46.5 Å². The summed E-state index contributed by atoms with van der Waals surface area (Å²) in [5.74, 6) is -1.80. The Kier molecular flexibility index (Phi) is 4.75. The smallest absolute Gasteiger partial charge is 0.256 e. The normalized spacial score (nSPS) is 17.8. The fraction of sp³-hybridized carbons (Fsp3) is 0.318. The number of benzene rings is 1. The molecule has 0 spiro atoms. The summed E-state index contributed by atoms with van der Waals surface area (Å²) in [4.78, 5) is 35.7. The highest BCUT2D eigenvalue weighted by Gasteiger charge is 2.49. The number of carbonyl (C=O) groups excluding carboxylic acids is 1. The van der Waals surface area contributed by atoms with E-state index < -0.39 is 23.6 Å². The van der Waals surface area contributed by atoms with E-state index in [2.05, 4.69) is 4.98 Å². The first-order chi connectivity index (χ1) is 14.9. The number of aliphatic hydroxyl groups is 1. The Bertz CT molecular complexity index is 1200. The number of H-pyrrole nitrogens is 1. The second kappa shape index (κ2) is 7.35. The van der Waals surface area contributed by atoms with Crippen LogP contribution in [0.2, 0.25) is 0 Å². The number of aromatic amines is 1. The van der Waals surface area contributed by atoms with Crippen molar-refractivity contribution in [3.05, 3.63) is 85.2 Å². The Morgan fingerprint density at radius 1 is 1.26 bits per heavy atom. The van der Waals surface area contributed by atoms with Gasteiger partial charge in [-0.15, -0.1) is 11.3 Å². The van der Waals surface area contributed by atoms with Crippen LogP contribution in [0.5, 0.6) is 0 Å². The molecule has 5 rings (SSSR count). The lowest BCUT2D eigenvalue weighted by Gasteiger charge is -2.30. The van der Waals surface area contributed by atoms with Gasteiger partial charge in [-0.05, 0) is 42.0 Å². The van der Waals surface area contributed by atoms with Crippen molar-refractivity contribution in [2.24, 2.45) is 0 Å². The number of fused-ring (bicyclic) bond motifs is 1. The van der Waals surface area contributed by atoms with Gasteiger partial charge in [0.25, 0.3) is 11.5 Å². The highest BCUT2D eigenvalue weighted by molar-refractivity contribution is 7.10. The maximum atomic E-state index is 13.5. The van der Waals surface area contributed by atoms with E-state index in [1.165, 1.54) is 9.78 Å². The Morgan fingerprint density at radius 3 is 2.65 bits per heavy atom. The Morgan fingerprint density at radius 2 is 2.00 bits per heavy atom. The SMILES string of the molecule is O=C(C(O)c1cc(F)cc(F)c1)N1CCc2nc(C3(c4cccs4)CC3)[nH]c(=O)c2C1. The van der Waals surface area contributed by atoms with E-state index in [1.54, 1.807) is 11.3 Å². The number of nitrogens with one attached hydrogen (secondary N) is 1. The topological polar surface area (TPSA) is 86.3 Å². The predicted molar refractivity (Wildman–Crippen MR) is 110 cm³/mol. The number of carbonyl (C=O) groups is 1. The van der Waals surface area contributed by atoms with Crippen molar-refractivity contribution in [1.29, 1.82) is 0 Å². The van der Waals surface area contributed by atoms with Gasteiger partial charge in [0.2, 0.25) is 0 Å². The molecule has 1 unspecified atom stereocenters. The van der Waals surface area contributed by atoms with Gasteiger partial charge in [-0.1, -0.05) is 6.07 Å². The maximum absolute atomic E-state index is 13.5. The van der Waals surface area contributed by atoms with Crippen molar-refractivity contribution in [3.8, 4) is 0 Å². The molecular formula is C22H19F2N3O3S. The molecule has 31 heavy (non-hydrogen) atoms. The Balaban J connectivity index is 1.40. The van der Waals surface area contributed by atoms with Gasteiger partial charge >= 0.3 is 0 Å². The molecule has 6 nitrogen and oxygen atoms in total. The summed E-state index contributed by atoms with van der Waals surface area (Å²) in [7, 11) is 0. The molecule has 2 N–H and O–H groups in total. The molecule has 1 aliphatic carbocycles. The highest BCUT2D eigenvalue weighted by Crippen LogP contribution is 2.53. The fourth-order valence-electron chi connectivity index (χ4n) is 4.16. The second-order valence-corrected chi connectivity index (χ2v) is 8.96. The maximum Gasteiger partial charge on any atom is 0.256 e. The molecule has 1 atom stereocenters. The zero-order valence-electron chi connectivity index (χ0n) is 16.4. The number of aliphatic hydroxyl groups excluding tert-OH is 1. The van der Waals surface area contributed by atoms with E-state index in [-0.39, 0.29) is 29.6 Å². The first kappa shape index (κ1) is 20.0. The zero-order chi connectivity index (χ0) is 21.8. The number of amides is 1. The van der Waals surface area contributed by atoms with E-state index in [0.29, 0.717) is 29.6 Å². The van der Waals surface area contributed by atoms with Crippen molar-refractivity contribution < 1.29 is 18.7 Å². The number of rotatable bonds is 4.